The molecule has 7 heteroatoms. The number of carbonyl (C=O) groups is 2. The summed E-state index contributed by atoms with van der Waals surface area (Å²) < 4.78 is 14.2. The summed E-state index contributed by atoms with van der Waals surface area (Å²) >= 11 is 5.12. The Morgan fingerprint density at radius 2 is 1.83 bits per heavy atom. The average Bonchev–Trinajstić information content (AvgIpc) is 3.22. The van der Waals surface area contributed by atoms with Crippen molar-refractivity contribution in [3.8, 4) is 0 Å². The molecule has 2 aliphatic rings. The molecule has 0 atom stereocenters. The van der Waals surface area contributed by atoms with E-state index in [0.717, 1.165) is 34.8 Å². The second-order valence-corrected chi connectivity index (χ2v) is 7.53. The van der Waals surface area contributed by atoms with Crippen LogP contribution in [0.1, 0.15) is 24.0 Å². The van der Waals surface area contributed by atoms with E-state index in [-0.39, 0.29) is 16.4 Å². The van der Waals surface area contributed by atoms with E-state index in [4.69, 9.17) is 12.2 Å². The Morgan fingerprint density at radius 3 is 2.52 bits per heavy atom. The normalized spacial score (nSPS) is 18.6. The maximum Gasteiger partial charge on any atom is 0.270 e. The topological polar surface area (TPSA) is 52.7 Å². The van der Waals surface area contributed by atoms with Crippen molar-refractivity contribution < 1.29 is 14.0 Å². The minimum atomic E-state index is -0.646. The summed E-state index contributed by atoms with van der Waals surface area (Å²) in [5.41, 5.74) is 2.77. The van der Waals surface area contributed by atoms with Gasteiger partial charge in [0.1, 0.15) is 11.4 Å². The fourth-order valence-electron chi connectivity index (χ4n) is 3.66. The molecule has 2 saturated heterocycles. The van der Waals surface area contributed by atoms with E-state index in [9.17, 15) is 14.0 Å². The maximum atomic E-state index is 14.2. The Morgan fingerprint density at radius 1 is 1.10 bits per heavy atom. The molecule has 0 aliphatic carbocycles. The van der Waals surface area contributed by atoms with E-state index in [1.807, 2.05) is 19.1 Å². The van der Waals surface area contributed by atoms with Gasteiger partial charge in [-0.3, -0.25) is 14.9 Å². The summed E-state index contributed by atoms with van der Waals surface area (Å²) in [4.78, 5) is 28.8. The third-order valence-corrected chi connectivity index (χ3v) is 5.50. The van der Waals surface area contributed by atoms with Gasteiger partial charge in [0, 0.05) is 18.8 Å². The van der Waals surface area contributed by atoms with E-state index in [0.29, 0.717) is 0 Å². The first kappa shape index (κ1) is 19.3. The smallest absolute Gasteiger partial charge is 0.270 e. The van der Waals surface area contributed by atoms with Gasteiger partial charge in [-0.15, -0.1) is 0 Å². The zero-order valence-electron chi connectivity index (χ0n) is 15.9. The minimum absolute atomic E-state index is 0.00880. The van der Waals surface area contributed by atoms with Crippen LogP contribution in [0.25, 0.3) is 6.08 Å². The molecule has 0 unspecified atom stereocenters. The molecule has 4 rings (SSSR count). The highest BCUT2D eigenvalue weighted by molar-refractivity contribution is 7.80. The fraction of sp³-hybridized carbons (Fsp3) is 0.227. The van der Waals surface area contributed by atoms with Crippen LogP contribution in [-0.4, -0.2) is 30.0 Å². The number of nitrogens with one attached hydrogen (secondary N) is 1. The van der Waals surface area contributed by atoms with Gasteiger partial charge in [0.15, 0.2) is 5.11 Å². The lowest BCUT2D eigenvalue weighted by Gasteiger charge is -2.29. The number of hydrogen-bond acceptors (Lipinski definition) is 4. The van der Waals surface area contributed by atoms with Crippen molar-refractivity contribution in [1.82, 2.24) is 5.32 Å². The monoisotopic (exact) mass is 409 g/mol. The van der Waals surface area contributed by atoms with Crippen LogP contribution in [0.5, 0.6) is 0 Å². The Labute approximate surface area is 173 Å². The zero-order chi connectivity index (χ0) is 20.5. The Bertz CT molecular complexity index is 1040. The van der Waals surface area contributed by atoms with E-state index in [1.54, 1.807) is 6.07 Å². The van der Waals surface area contributed by atoms with E-state index in [1.165, 1.54) is 37.1 Å². The molecule has 0 aromatic heterocycles. The molecule has 148 valence electrons. The molecular weight excluding hydrogens is 389 g/mol. The predicted molar refractivity (Wildman–Crippen MR) is 115 cm³/mol. The van der Waals surface area contributed by atoms with Gasteiger partial charge in [-0.05, 0) is 73.5 Å². The number of amides is 2. The summed E-state index contributed by atoms with van der Waals surface area (Å²) in [6.45, 7) is 4.02. The maximum absolute atomic E-state index is 14.2. The van der Waals surface area contributed by atoms with E-state index >= 15 is 0 Å². The average molecular weight is 409 g/mol. The third kappa shape index (κ3) is 3.65. The molecule has 2 aromatic carbocycles. The molecule has 2 amide bonds. The van der Waals surface area contributed by atoms with Crippen molar-refractivity contribution >= 4 is 46.6 Å². The van der Waals surface area contributed by atoms with Gasteiger partial charge in [-0.2, -0.15) is 0 Å². The third-order valence-electron chi connectivity index (χ3n) is 5.22. The molecule has 29 heavy (non-hydrogen) atoms. The molecule has 0 radical (unpaired) electrons. The largest absolute Gasteiger partial charge is 0.372 e. The van der Waals surface area contributed by atoms with Crippen LogP contribution < -0.4 is 15.1 Å². The first-order valence-electron chi connectivity index (χ1n) is 9.47. The highest BCUT2D eigenvalue weighted by atomic mass is 32.1. The molecule has 1 N–H and O–H groups in total. The van der Waals surface area contributed by atoms with Crippen LogP contribution in [0.4, 0.5) is 15.8 Å². The number of hydrogen-bond donors (Lipinski definition) is 1. The summed E-state index contributed by atoms with van der Waals surface area (Å²) in [6, 6.07) is 11.8. The lowest BCUT2D eigenvalue weighted by molar-refractivity contribution is -0.122. The van der Waals surface area contributed by atoms with Crippen LogP contribution in [0.2, 0.25) is 0 Å². The molecule has 2 fully saturated rings. The highest BCUT2D eigenvalue weighted by Gasteiger charge is 2.35. The first-order valence-corrected chi connectivity index (χ1v) is 9.88. The number of aryl methyl sites for hydroxylation is 1. The standard InChI is InChI=1S/C22H20FN3O2S/c1-14-12-16(25-10-4-5-11-25)9-8-15(14)13-17-20(27)24-22(29)26(21(17)28)19-7-3-2-6-18(19)23/h2-3,6-9,12-13H,4-5,10-11H2,1H3,(H,24,27,29)/b17-13+. The number of halogens is 1. The van der Waals surface area contributed by atoms with Gasteiger partial charge in [0.2, 0.25) is 0 Å². The second-order valence-electron chi connectivity index (χ2n) is 7.14. The van der Waals surface area contributed by atoms with Crippen molar-refractivity contribution in [2.24, 2.45) is 0 Å². The zero-order valence-corrected chi connectivity index (χ0v) is 16.8. The lowest BCUT2D eigenvalue weighted by Crippen LogP contribution is -2.54. The molecule has 2 aliphatic heterocycles. The van der Waals surface area contributed by atoms with Crippen molar-refractivity contribution in [2.45, 2.75) is 19.8 Å². The SMILES string of the molecule is Cc1cc(N2CCCC2)ccc1/C=C1\C(=O)NC(=S)N(c2ccccc2F)C1=O. The molecule has 5 nitrogen and oxygen atoms in total. The van der Waals surface area contributed by atoms with E-state index < -0.39 is 17.6 Å². The number of benzene rings is 2. The van der Waals surface area contributed by atoms with Crippen LogP contribution in [0.3, 0.4) is 0 Å². The number of anilines is 2. The summed E-state index contributed by atoms with van der Waals surface area (Å²) in [6.07, 6.45) is 3.91. The van der Waals surface area contributed by atoms with Crippen molar-refractivity contribution in [1.29, 1.82) is 0 Å². The molecular formula is C22H20FN3O2S. The van der Waals surface area contributed by atoms with Crippen molar-refractivity contribution in [2.75, 3.05) is 22.9 Å². The highest BCUT2D eigenvalue weighted by Crippen LogP contribution is 2.27. The van der Waals surface area contributed by atoms with E-state index in [2.05, 4.69) is 16.3 Å². The lowest BCUT2D eigenvalue weighted by atomic mass is 10.0. The van der Waals surface area contributed by atoms with Gasteiger partial charge in [-0.1, -0.05) is 18.2 Å². The molecule has 2 aromatic rings. The van der Waals surface area contributed by atoms with Crippen LogP contribution in [-0.2, 0) is 9.59 Å². The van der Waals surface area contributed by atoms with Gasteiger partial charge in [0.05, 0.1) is 5.69 Å². The predicted octanol–water partition coefficient (Wildman–Crippen LogP) is 3.57. The van der Waals surface area contributed by atoms with Gasteiger partial charge in [0.25, 0.3) is 11.8 Å². The second kappa shape index (κ2) is 7.75. The first-order chi connectivity index (χ1) is 14.0. The number of rotatable bonds is 3. The Balaban J connectivity index is 1.69. The summed E-state index contributed by atoms with van der Waals surface area (Å²) in [5, 5.41) is 2.35. The minimum Gasteiger partial charge on any atom is -0.372 e. The van der Waals surface area contributed by atoms with Crippen molar-refractivity contribution in [3.05, 3.63) is 65.0 Å². The van der Waals surface area contributed by atoms with Gasteiger partial charge in [-0.25, -0.2) is 9.29 Å². The Kier molecular flexibility index (Phi) is 5.15. The van der Waals surface area contributed by atoms with Gasteiger partial charge >= 0.3 is 0 Å². The fourth-order valence-corrected chi connectivity index (χ4v) is 3.93. The Hall–Kier alpha value is -3.06. The number of carbonyl (C=O) groups excluding carboxylic acids is 2. The van der Waals surface area contributed by atoms with Crippen molar-refractivity contribution in [3.63, 3.8) is 0 Å². The van der Waals surface area contributed by atoms with Crippen LogP contribution in [0.15, 0.2) is 48.0 Å². The molecule has 0 saturated carbocycles. The van der Waals surface area contributed by atoms with Crippen LogP contribution in [0, 0.1) is 12.7 Å². The number of thiocarbonyl (C=S) groups is 1. The van der Waals surface area contributed by atoms with Gasteiger partial charge < -0.3 is 4.90 Å². The summed E-state index contributed by atoms with van der Waals surface area (Å²) in [5.74, 6) is -1.83. The summed E-state index contributed by atoms with van der Waals surface area (Å²) in [7, 11) is 0. The molecule has 2 heterocycles. The number of para-hydroxylation sites is 1. The number of nitrogens with zero attached hydrogens (tertiary/aromatic N) is 2. The molecule has 0 spiro atoms. The molecule has 0 bridgehead atoms. The van der Waals surface area contributed by atoms with Crippen LogP contribution >= 0.6 is 12.2 Å². The quantitative estimate of drug-likeness (QED) is 0.478.